The predicted molar refractivity (Wildman–Crippen MR) is 95.4 cm³/mol. The van der Waals surface area contributed by atoms with Crippen molar-refractivity contribution in [3.63, 3.8) is 0 Å². The number of primary amides is 1. The maximum Gasteiger partial charge on any atom is 0.312 e. The Balaban J connectivity index is 1.42. The molecule has 0 saturated heterocycles. The molecule has 2 amide bonds. The van der Waals surface area contributed by atoms with E-state index in [1.165, 1.54) is 12.8 Å². The molecule has 1 aliphatic rings. The summed E-state index contributed by atoms with van der Waals surface area (Å²) in [5.41, 5.74) is 6.36. The highest BCUT2D eigenvalue weighted by Crippen LogP contribution is 2.31. The summed E-state index contributed by atoms with van der Waals surface area (Å²) < 4.78 is 22.2. The molecule has 3 aromatic rings. The molecule has 0 unspecified atom stereocenters. The van der Waals surface area contributed by atoms with E-state index >= 15 is 0 Å². The number of amides is 2. The van der Waals surface area contributed by atoms with Crippen molar-refractivity contribution < 1.29 is 23.2 Å². The van der Waals surface area contributed by atoms with E-state index in [2.05, 4.69) is 15.5 Å². The molecule has 0 bridgehead atoms. The molecule has 0 aliphatic heterocycles. The number of hydrogen-bond acceptors (Lipinski definition) is 7. The number of urea groups is 1. The van der Waals surface area contributed by atoms with E-state index in [-0.39, 0.29) is 18.5 Å². The van der Waals surface area contributed by atoms with Gasteiger partial charge in [0, 0.05) is 6.07 Å². The second-order valence-corrected chi connectivity index (χ2v) is 6.65. The Kier molecular flexibility index (Phi) is 4.57. The Morgan fingerprint density at radius 3 is 3.00 bits per heavy atom. The second kappa shape index (κ2) is 7.18. The number of ether oxygens (including phenoxy) is 2. The molecule has 27 heavy (non-hydrogen) atoms. The number of nitrogens with two attached hydrogens (primary N) is 1. The zero-order valence-electron chi connectivity index (χ0n) is 14.8. The minimum atomic E-state index is -0.612. The Labute approximate surface area is 154 Å². The van der Waals surface area contributed by atoms with Gasteiger partial charge in [-0.25, -0.2) is 9.78 Å². The number of fused-ring (bicyclic) bond motifs is 1. The number of hydrogen-bond donors (Lipinski definition) is 2. The molecular formula is C18H20N4O5. The summed E-state index contributed by atoms with van der Waals surface area (Å²) in [6, 6.07) is 6.22. The predicted octanol–water partition coefficient (Wildman–Crippen LogP) is 2.71. The normalized spacial score (nSPS) is 14.9. The first-order valence-corrected chi connectivity index (χ1v) is 8.76. The van der Waals surface area contributed by atoms with E-state index in [4.69, 9.17) is 24.1 Å². The summed E-state index contributed by atoms with van der Waals surface area (Å²) in [6.45, 7) is 2.70. The van der Waals surface area contributed by atoms with Crippen molar-refractivity contribution in [3.8, 4) is 23.3 Å². The van der Waals surface area contributed by atoms with Crippen LogP contribution in [0.4, 0.5) is 4.79 Å². The van der Waals surface area contributed by atoms with Crippen molar-refractivity contribution in [2.24, 2.45) is 11.7 Å². The first kappa shape index (κ1) is 17.2. The monoisotopic (exact) mass is 372 g/mol. The van der Waals surface area contributed by atoms with Crippen molar-refractivity contribution in [1.82, 2.24) is 15.5 Å². The molecule has 3 N–H and O–H groups in total. The number of benzene rings is 1. The molecule has 2 aromatic heterocycles. The summed E-state index contributed by atoms with van der Waals surface area (Å²) in [4.78, 5) is 15.2. The minimum absolute atomic E-state index is 0.199. The molecule has 0 spiro atoms. The van der Waals surface area contributed by atoms with E-state index in [1.807, 2.05) is 18.2 Å². The highest BCUT2D eigenvalue weighted by Gasteiger charge is 2.22. The quantitative estimate of drug-likeness (QED) is 0.622. The van der Waals surface area contributed by atoms with Crippen molar-refractivity contribution in [3.05, 3.63) is 24.3 Å². The number of nitrogens with one attached hydrogen (secondary N) is 1. The van der Waals surface area contributed by atoms with Crippen LogP contribution in [0.15, 0.2) is 33.2 Å². The van der Waals surface area contributed by atoms with Gasteiger partial charge in [-0.2, -0.15) is 0 Å². The standard InChI is InChI=1S/C18H20N4O5/c1-10(20-18(19)23)8-25-16-7-15(27-22-16)17-21-13-6-12(4-5-14(13)26-17)24-9-11-2-3-11/h4-7,10-11H,2-3,8-9H2,1H3,(H3,19,20,23)/t10-/m0/s1. The van der Waals surface area contributed by atoms with Crippen LogP contribution in [0.1, 0.15) is 19.8 Å². The molecule has 1 aliphatic carbocycles. The molecule has 4 rings (SSSR count). The molecule has 9 heteroatoms. The second-order valence-electron chi connectivity index (χ2n) is 6.65. The topological polar surface area (TPSA) is 126 Å². The lowest BCUT2D eigenvalue weighted by atomic mass is 10.3. The van der Waals surface area contributed by atoms with Crippen LogP contribution < -0.4 is 20.5 Å². The lowest BCUT2D eigenvalue weighted by Gasteiger charge is -2.11. The zero-order chi connectivity index (χ0) is 18.8. The van der Waals surface area contributed by atoms with Crippen LogP contribution in [-0.2, 0) is 0 Å². The van der Waals surface area contributed by atoms with Crippen LogP contribution in [0.25, 0.3) is 22.8 Å². The third kappa shape index (κ3) is 4.30. The fourth-order valence-electron chi connectivity index (χ4n) is 2.52. The van der Waals surface area contributed by atoms with Gasteiger partial charge < -0.3 is 29.5 Å². The number of aromatic nitrogens is 2. The molecule has 1 saturated carbocycles. The first-order chi connectivity index (χ1) is 13.1. The zero-order valence-corrected chi connectivity index (χ0v) is 14.8. The number of nitrogens with zero attached hydrogens (tertiary/aromatic N) is 2. The lowest BCUT2D eigenvalue weighted by molar-refractivity contribution is 0.227. The third-order valence-electron chi connectivity index (χ3n) is 4.11. The number of carbonyl (C=O) groups excluding carboxylic acids is 1. The van der Waals surface area contributed by atoms with E-state index in [0.717, 1.165) is 12.4 Å². The summed E-state index contributed by atoms with van der Waals surface area (Å²) in [7, 11) is 0. The van der Waals surface area contributed by atoms with Crippen molar-refractivity contribution in [2.45, 2.75) is 25.8 Å². The smallest absolute Gasteiger partial charge is 0.312 e. The van der Waals surface area contributed by atoms with Crippen molar-refractivity contribution in [2.75, 3.05) is 13.2 Å². The molecule has 1 aromatic carbocycles. The Hall–Kier alpha value is -3.23. The molecule has 2 heterocycles. The summed E-state index contributed by atoms with van der Waals surface area (Å²) >= 11 is 0. The van der Waals surface area contributed by atoms with Gasteiger partial charge in [-0.05, 0) is 43.0 Å². The maximum atomic E-state index is 10.8. The summed E-state index contributed by atoms with van der Waals surface area (Å²) in [5, 5.41) is 6.33. The van der Waals surface area contributed by atoms with E-state index < -0.39 is 6.03 Å². The van der Waals surface area contributed by atoms with E-state index in [1.54, 1.807) is 13.0 Å². The van der Waals surface area contributed by atoms with Crippen LogP contribution in [0, 0.1) is 5.92 Å². The van der Waals surface area contributed by atoms with Gasteiger partial charge in [0.2, 0.25) is 5.76 Å². The molecule has 1 fully saturated rings. The third-order valence-corrected chi connectivity index (χ3v) is 4.11. The first-order valence-electron chi connectivity index (χ1n) is 8.76. The van der Waals surface area contributed by atoms with E-state index in [9.17, 15) is 4.79 Å². The van der Waals surface area contributed by atoms with Gasteiger partial charge in [0.15, 0.2) is 5.58 Å². The Bertz CT molecular complexity index is 946. The fraction of sp³-hybridized carbons (Fsp3) is 0.389. The van der Waals surface area contributed by atoms with E-state index in [0.29, 0.717) is 28.7 Å². The van der Waals surface area contributed by atoms with Gasteiger partial charge in [-0.3, -0.25) is 0 Å². The van der Waals surface area contributed by atoms with Gasteiger partial charge in [-0.1, -0.05) is 0 Å². The van der Waals surface area contributed by atoms with Gasteiger partial charge in [0.25, 0.3) is 11.8 Å². The highest BCUT2D eigenvalue weighted by molar-refractivity contribution is 5.77. The number of oxazole rings is 1. The van der Waals surface area contributed by atoms with Gasteiger partial charge in [0.1, 0.15) is 17.9 Å². The SMILES string of the molecule is C[C@@H](COc1cc(-c2nc3cc(OCC4CC4)ccc3o2)on1)NC(N)=O. The van der Waals surface area contributed by atoms with Crippen LogP contribution >= 0.6 is 0 Å². The minimum Gasteiger partial charge on any atom is -0.493 e. The van der Waals surface area contributed by atoms with Gasteiger partial charge in [-0.15, -0.1) is 0 Å². The summed E-state index contributed by atoms with van der Waals surface area (Å²) in [5.74, 6) is 2.36. The van der Waals surface area contributed by atoms with Crippen molar-refractivity contribution in [1.29, 1.82) is 0 Å². The highest BCUT2D eigenvalue weighted by atomic mass is 16.5. The van der Waals surface area contributed by atoms with Crippen LogP contribution in [0.3, 0.4) is 0 Å². The lowest BCUT2D eigenvalue weighted by Crippen LogP contribution is -2.40. The maximum absolute atomic E-state index is 10.8. The number of rotatable bonds is 8. The van der Waals surface area contributed by atoms with Crippen LogP contribution in [0.5, 0.6) is 11.6 Å². The molecule has 1 atom stereocenters. The largest absolute Gasteiger partial charge is 0.493 e. The summed E-state index contributed by atoms with van der Waals surface area (Å²) in [6.07, 6.45) is 2.48. The van der Waals surface area contributed by atoms with Crippen molar-refractivity contribution >= 4 is 17.1 Å². The molecular weight excluding hydrogens is 352 g/mol. The van der Waals surface area contributed by atoms with Crippen LogP contribution in [0.2, 0.25) is 0 Å². The average molecular weight is 372 g/mol. The van der Waals surface area contributed by atoms with Crippen LogP contribution in [-0.4, -0.2) is 35.4 Å². The Morgan fingerprint density at radius 2 is 2.22 bits per heavy atom. The fourth-order valence-corrected chi connectivity index (χ4v) is 2.52. The Morgan fingerprint density at radius 1 is 1.37 bits per heavy atom. The number of carbonyl (C=O) groups is 1. The van der Waals surface area contributed by atoms with Gasteiger partial charge in [0.05, 0.1) is 18.7 Å². The molecule has 142 valence electrons. The molecule has 9 nitrogen and oxygen atoms in total. The average Bonchev–Trinajstić information content (AvgIpc) is 3.17. The van der Waals surface area contributed by atoms with Gasteiger partial charge >= 0.3 is 6.03 Å². The molecule has 0 radical (unpaired) electrons.